The van der Waals surface area contributed by atoms with E-state index in [1.54, 1.807) is 7.05 Å². The minimum atomic E-state index is -5.13. The lowest BCUT2D eigenvalue weighted by Gasteiger charge is -2.43. The molecule has 1 aromatic rings. The third-order valence-electron chi connectivity index (χ3n) is 5.37. The van der Waals surface area contributed by atoms with E-state index in [0.717, 1.165) is 4.90 Å². The van der Waals surface area contributed by atoms with E-state index in [2.05, 4.69) is 0 Å². The third-order valence-corrected chi connectivity index (χ3v) is 5.37. The zero-order chi connectivity index (χ0) is 22.5. The fourth-order valence-corrected chi connectivity index (χ4v) is 3.74. The van der Waals surface area contributed by atoms with Gasteiger partial charge in [0.2, 0.25) is 0 Å². The highest BCUT2D eigenvalue weighted by Gasteiger charge is 2.54. The molecule has 1 N–H and O–H groups in total. The van der Waals surface area contributed by atoms with E-state index in [1.807, 2.05) is 4.90 Å². The van der Waals surface area contributed by atoms with Crippen LogP contribution in [-0.4, -0.2) is 65.3 Å². The van der Waals surface area contributed by atoms with Gasteiger partial charge in [-0.15, -0.1) is 0 Å². The van der Waals surface area contributed by atoms with Gasteiger partial charge in [-0.25, -0.2) is 4.79 Å². The van der Waals surface area contributed by atoms with Gasteiger partial charge in [0.1, 0.15) is 5.72 Å². The summed E-state index contributed by atoms with van der Waals surface area (Å²) in [4.78, 5) is 27.4. The fraction of sp³-hybridized carbons (Fsp3) is 0.556. The van der Waals surface area contributed by atoms with Crippen molar-refractivity contribution in [3.63, 3.8) is 0 Å². The largest absolute Gasteiger partial charge is 0.480 e. The van der Waals surface area contributed by atoms with E-state index in [0.29, 0.717) is 25.2 Å². The number of hydrogen-bond acceptors (Lipinski definition) is 4. The SMILES string of the molecule is CN1CCC2(CC1)OC[C@@H](C(=O)O)N2C(=O)c1cc(C(F)(F)F)cc(C(F)(F)F)c1. The van der Waals surface area contributed by atoms with Crippen molar-refractivity contribution in [1.29, 1.82) is 0 Å². The highest BCUT2D eigenvalue weighted by atomic mass is 19.4. The molecule has 2 saturated heterocycles. The van der Waals surface area contributed by atoms with Crippen LogP contribution in [0.3, 0.4) is 0 Å². The van der Waals surface area contributed by atoms with Crippen molar-refractivity contribution in [1.82, 2.24) is 9.80 Å². The summed E-state index contributed by atoms with van der Waals surface area (Å²) in [6.07, 6.45) is -9.92. The molecule has 0 aromatic heterocycles. The Bertz CT molecular complexity index is 814. The lowest BCUT2D eigenvalue weighted by molar-refractivity contribution is -0.145. The number of piperidine rings is 1. The minimum absolute atomic E-state index is 0.0860. The van der Waals surface area contributed by atoms with E-state index in [9.17, 15) is 41.0 Å². The number of halogens is 6. The van der Waals surface area contributed by atoms with Crippen LogP contribution in [0.25, 0.3) is 0 Å². The van der Waals surface area contributed by atoms with Crippen LogP contribution in [0.15, 0.2) is 18.2 Å². The lowest BCUT2D eigenvalue weighted by Crippen LogP contribution is -2.57. The zero-order valence-electron chi connectivity index (χ0n) is 15.7. The topological polar surface area (TPSA) is 70.1 Å². The summed E-state index contributed by atoms with van der Waals surface area (Å²) < 4.78 is 84.5. The summed E-state index contributed by atoms with van der Waals surface area (Å²) >= 11 is 0. The first-order chi connectivity index (χ1) is 13.7. The van der Waals surface area contributed by atoms with Gasteiger partial charge in [0.05, 0.1) is 17.7 Å². The maximum Gasteiger partial charge on any atom is 0.416 e. The van der Waals surface area contributed by atoms with E-state index < -0.39 is 59.3 Å². The Balaban J connectivity index is 2.09. The summed E-state index contributed by atoms with van der Waals surface area (Å²) in [5, 5.41) is 9.47. The smallest absolute Gasteiger partial charge is 0.416 e. The first-order valence-corrected chi connectivity index (χ1v) is 8.93. The number of carboxylic acids is 1. The normalized spacial score (nSPS) is 22.5. The molecule has 0 aliphatic carbocycles. The van der Waals surface area contributed by atoms with Crippen LogP contribution in [0, 0.1) is 0 Å². The number of aliphatic carboxylic acids is 1. The number of carbonyl (C=O) groups is 2. The molecule has 0 radical (unpaired) electrons. The predicted octanol–water partition coefficient (Wildman–Crippen LogP) is 3.07. The second-order valence-corrected chi connectivity index (χ2v) is 7.38. The Kier molecular flexibility index (Phi) is 5.52. The molecule has 2 heterocycles. The molecular weight excluding hydrogens is 422 g/mol. The molecule has 166 valence electrons. The lowest BCUT2D eigenvalue weighted by atomic mass is 9.96. The van der Waals surface area contributed by atoms with Crippen LogP contribution in [0.4, 0.5) is 26.3 Å². The van der Waals surface area contributed by atoms with Crippen molar-refractivity contribution in [2.24, 2.45) is 0 Å². The first-order valence-electron chi connectivity index (χ1n) is 8.93. The zero-order valence-corrected chi connectivity index (χ0v) is 15.7. The molecule has 1 amide bonds. The Morgan fingerprint density at radius 3 is 1.97 bits per heavy atom. The number of hydrogen-bond donors (Lipinski definition) is 1. The molecule has 6 nitrogen and oxygen atoms in total. The number of benzene rings is 1. The van der Waals surface area contributed by atoms with Crippen molar-refractivity contribution < 1.29 is 45.8 Å². The van der Waals surface area contributed by atoms with E-state index >= 15 is 0 Å². The Hall–Kier alpha value is -2.34. The molecule has 0 bridgehead atoms. The molecular formula is C18H18F6N2O4. The van der Waals surface area contributed by atoms with Gasteiger partial charge in [0, 0.05) is 31.5 Å². The average Bonchev–Trinajstić information content (AvgIpc) is 3.01. The number of nitrogens with zero attached hydrogens (tertiary/aromatic N) is 2. The van der Waals surface area contributed by atoms with Gasteiger partial charge < -0.3 is 14.7 Å². The number of likely N-dealkylation sites (tertiary alicyclic amines) is 1. The molecule has 1 spiro atoms. The number of rotatable bonds is 2. The minimum Gasteiger partial charge on any atom is -0.480 e. The molecule has 2 aliphatic heterocycles. The van der Waals surface area contributed by atoms with Crippen LogP contribution >= 0.6 is 0 Å². The van der Waals surface area contributed by atoms with Gasteiger partial charge >= 0.3 is 18.3 Å². The maximum atomic E-state index is 13.2. The van der Waals surface area contributed by atoms with Crippen LogP contribution in [0.2, 0.25) is 0 Å². The predicted molar refractivity (Wildman–Crippen MR) is 89.5 cm³/mol. The van der Waals surface area contributed by atoms with Gasteiger partial charge in [-0.05, 0) is 25.2 Å². The Labute approximate surface area is 167 Å². The molecule has 0 unspecified atom stereocenters. The number of amides is 1. The van der Waals surface area contributed by atoms with Crippen LogP contribution in [0.1, 0.15) is 34.3 Å². The molecule has 12 heteroatoms. The molecule has 1 atom stereocenters. The van der Waals surface area contributed by atoms with E-state index in [1.165, 1.54) is 0 Å². The van der Waals surface area contributed by atoms with Crippen LogP contribution in [0.5, 0.6) is 0 Å². The van der Waals surface area contributed by atoms with E-state index in [4.69, 9.17) is 4.74 Å². The van der Waals surface area contributed by atoms with Crippen molar-refractivity contribution >= 4 is 11.9 Å². The van der Waals surface area contributed by atoms with Gasteiger partial charge in [-0.1, -0.05) is 0 Å². The van der Waals surface area contributed by atoms with Gasteiger partial charge in [-0.3, -0.25) is 9.69 Å². The highest BCUT2D eigenvalue weighted by molar-refractivity contribution is 5.98. The summed E-state index contributed by atoms with van der Waals surface area (Å²) in [6.45, 7) is 0.412. The monoisotopic (exact) mass is 440 g/mol. The second-order valence-electron chi connectivity index (χ2n) is 7.38. The fourth-order valence-electron chi connectivity index (χ4n) is 3.74. The molecule has 0 saturated carbocycles. The summed E-state index contributed by atoms with van der Waals surface area (Å²) in [5.74, 6) is -2.71. The Morgan fingerprint density at radius 1 is 1.03 bits per heavy atom. The number of ether oxygens (including phenoxy) is 1. The number of carboxylic acid groups (broad SMARTS) is 1. The number of alkyl halides is 6. The summed E-state index contributed by atoms with van der Waals surface area (Å²) in [7, 11) is 1.78. The van der Waals surface area contributed by atoms with Crippen LogP contribution in [-0.2, 0) is 21.9 Å². The van der Waals surface area contributed by atoms with E-state index in [-0.39, 0.29) is 18.9 Å². The first kappa shape index (κ1) is 22.3. The highest BCUT2D eigenvalue weighted by Crippen LogP contribution is 2.40. The van der Waals surface area contributed by atoms with Gasteiger partial charge in [0.25, 0.3) is 5.91 Å². The molecule has 2 aliphatic rings. The van der Waals surface area contributed by atoms with Crippen molar-refractivity contribution in [2.75, 3.05) is 26.7 Å². The van der Waals surface area contributed by atoms with Crippen molar-refractivity contribution in [2.45, 2.75) is 37.0 Å². The number of carbonyl (C=O) groups excluding carboxylic acids is 1. The maximum absolute atomic E-state index is 13.2. The molecule has 30 heavy (non-hydrogen) atoms. The molecule has 3 rings (SSSR count). The molecule has 1 aromatic carbocycles. The third kappa shape index (κ3) is 4.10. The Morgan fingerprint density at radius 2 is 1.53 bits per heavy atom. The molecule has 2 fully saturated rings. The second kappa shape index (κ2) is 7.41. The van der Waals surface area contributed by atoms with Gasteiger partial charge in [0.15, 0.2) is 6.04 Å². The van der Waals surface area contributed by atoms with Crippen molar-refractivity contribution in [3.8, 4) is 0 Å². The quantitative estimate of drug-likeness (QED) is 0.716. The average molecular weight is 440 g/mol. The van der Waals surface area contributed by atoms with Gasteiger partial charge in [-0.2, -0.15) is 26.3 Å². The standard InChI is InChI=1S/C18H18F6N2O4/c1-25-4-2-16(3-5-25)26(13(9-30-16)15(28)29)14(27)10-6-11(17(19,20)21)8-12(7-10)18(22,23)24/h6-8,13H,2-5,9H2,1H3,(H,28,29)/t13-/m0/s1. The van der Waals surface area contributed by atoms with Crippen molar-refractivity contribution in [3.05, 3.63) is 34.9 Å². The van der Waals surface area contributed by atoms with Crippen LogP contribution < -0.4 is 0 Å². The summed E-state index contributed by atoms with van der Waals surface area (Å²) in [6, 6.07) is -1.00. The summed E-state index contributed by atoms with van der Waals surface area (Å²) in [5.41, 5.74) is -5.60.